The molecule has 0 atom stereocenters. The van der Waals surface area contributed by atoms with Crippen LogP contribution < -0.4 is 0 Å². The van der Waals surface area contributed by atoms with Crippen LogP contribution in [0.15, 0.2) is 24.3 Å². The third-order valence-corrected chi connectivity index (χ3v) is 6.01. The van der Waals surface area contributed by atoms with E-state index in [1.807, 2.05) is 4.90 Å². The molecule has 0 aromatic heterocycles. The maximum atomic E-state index is 12.5. The largest absolute Gasteiger partial charge is 0.478 e. The third-order valence-electron chi connectivity index (χ3n) is 6.01. The molecular formula is C22H30N2O4. The van der Waals surface area contributed by atoms with Crippen molar-refractivity contribution < 1.29 is 19.5 Å². The summed E-state index contributed by atoms with van der Waals surface area (Å²) in [5, 5.41) is 9.07. The molecule has 2 aliphatic rings. The SMILES string of the molecule is O=C(O)c1cccc(CC(=O)N2CCN(C(=O)CCC3CCCCC3)CC2)c1. The van der Waals surface area contributed by atoms with Gasteiger partial charge in [0.05, 0.1) is 12.0 Å². The van der Waals surface area contributed by atoms with Gasteiger partial charge in [-0.15, -0.1) is 0 Å². The number of carboxylic acids is 1. The number of rotatable bonds is 6. The van der Waals surface area contributed by atoms with E-state index in [4.69, 9.17) is 5.11 Å². The van der Waals surface area contributed by atoms with Crippen molar-refractivity contribution in [3.8, 4) is 0 Å². The van der Waals surface area contributed by atoms with Crippen molar-refractivity contribution in [2.24, 2.45) is 5.92 Å². The number of benzene rings is 1. The second-order valence-corrected chi connectivity index (χ2v) is 7.99. The second kappa shape index (κ2) is 9.71. The summed E-state index contributed by atoms with van der Waals surface area (Å²) in [7, 11) is 0. The molecule has 1 saturated carbocycles. The van der Waals surface area contributed by atoms with E-state index in [0.29, 0.717) is 44.1 Å². The van der Waals surface area contributed by atoms with Gasteiger partial charge in [-0.05, 0) is 30.0 Å². The number of nitrogens with zero attached hydrogens (tertiary/aromatic N) is 2. The van der Waals surface area contributed by atoms with Gasteiger partial charge in [-0.2, -0.15) is 0 Å². The highest BCUT2D eigenvalue weighted by atomic mass is 16.4. The predicted octanol–water partition coefficient (Wildman–Crippen LogP) is 2.96. The van der Waals surface area contributed by atoms with E-state index in [0.717, 1.165) is 6.42 Å². The number of carboxylic acid groups (broad SMARTS) is 1. The van der Waals surface area contributed by atoms with E-state index in [1.165, 1.54) is 38.2 Å². The Bertz CT molecular complexity index is 704. The van der Waals surface area contributed by atoms with Gasteiger partial charge in [-0.1, -0.05) is 44.2 Å². The molecule has 152 valence electrons. The summed E-state index contributed by atoms with van der Waals surface area (Å²) < 4.78 is 0. The standard InChI is InChI=1S/C22H30N2O4/c25-20(10-9-17-5-2-1-3-6-17)23-11-13-24(14-12-23)21(26)16-18-7-4-8-19(15-18)22(27)28/h4,7-8,15,17H,1-3,5-6,9-14,16H2,(H,27,28). The second-order valence-electron chi connectivity index (χ2n) is 7.99. The molecule has 0 unspecified atom stereocenters. The van der Waals surface area contributed by atoms with Crippen LogP contribution in [0.5, 0.6) is 0 Å². The average Bonchev–Trinajstić information content (AvgIpc) is 2.73. The summed E-state index contributed by atoms with van der Waals surface area (Å²) in [4.78, 5) is 39.7. The molecule has 1 aromatic carbocycles. The molecule has 0 spiro atoms. The molecular weight excluding hydrogens is 356 g/mol. The van der Waals surface area contributed by atoms with E-state index >= 15 is 0 Å². The highest BCUT2D eigenvalue weighted by Crippen LogP contribution is 2.27. The Morgan fingerprint density at radius 1 is 0.929 bits per heavy atom. The number of hydrogen-bond donors (Lipinski definition) is 1. The third kappa shape index (κ3) is 5.57. The van der Waals surface area contributed by atoms with Gasteiger partial charge in [0, 0.05) is 32.6 Å². The van der Waals surface area contributed by atoms with Crippen LogP contribution in [0.3, 0.4) is 0 Å². The smallest absolute Gasteiger partial charge is 0.335 e. The van der Waals surface area contributed by atoms with Crippen LogP contribution in [0.2, 0.25) is 0 Å². The molecule has 1 saturated heterocycles. The zero-order chi connectivity index (χ0) is 19.9. The monoisotopic (exact) mass is 386 g/mol. The number of piperazine rings is 1. The number of carbonyl (C=O) groups is 3. The molecule has 1 N–H and O–H groups in total. The Morgan fingerprint density at radius 3 is 2.21 bits per heavy atom. The van der Waals surface area contributed by atoms with Gasteiger partial charge in [0.2, 0.25) is 11.8 Å². The lowest BCUT2D eigenvalue weighted by atomic mass is 9.86. The summed E-state index contributed by atoms with van der Waals surface area (Å²) in [6.45, 7) is 2.27. The van der Waals surface area contributed by atoms with E-state index in [2.05, 4.69) is 0 Å². The quantitative estimate of drug-likeness (QED) is 0.815. The van der Waals surface area contributed by atoms with Gasteiger partial charge in [0.15, 0.2) is 0 Å². The molecule has 0 radical (unpaired) electrons. The van der Waals surface area contributed by atoms with Gasteiger partial charge in [0.1, 0.15) is 0 Å². The maximum absolute atomic E-state index is 12.5. The number of carbonyl (C=O) groups excluding carboxylic acids is 2. The minimum atomic E-state index is -0.991. The lowest BCUT2D eigenvalue weighted by molar-refractivity contribution is -0.139. The summed E-state index contributed by atoms with van der Waals surface area (Å²) in [6, 6.07) is 6.50. The number of amides is 2. The first-order valence-corrected chi connectivity index (χ1v) is 10.4. The molecule has 2 fully saturated rings. The van der Waals surface area contributed by atoms with E-state index < -0.39 is 5.97 Å². The first-order valence-electron chi connectivity index (χ1n) is 10.4. The molecule has 1 heterocycles. The molecule has 3 rings (SSSR count). The predicted molar refractivity (Wildman–Crippen MR) is 106 cm³/mol. The van der Waals surface area contributed by atoms with Gasteiger partial charge in [0.25, 0.3) is 0 Å². The Labute approximate surface area is 166 Å². The van der Waals surface area contributed by atoms with Crippen LogP contribution in [0.4, 0.5) is 0 Å². The Hall–Kier alpha value is -2.37. The zero-order valence-corrected chi connectivity index (χ0v) is 16.4. The summed E-state index contributed by atoms with van der Waals surface area (Å²) in [5.41, 5.74) is 0.898. The first kappa shape index (κ1) is 20.4. The van der Waals surface area contributed by atoms with Gasteiger partial charge >= 0.3 is 5.97 Å². The van der Waals surface area contributed by atoms with Gasteiger partial charge in [-0.25, -0.2) is 4.79 Å². The van der Waals surface area contributed by atoms with Crippen LogP contribution in [-0.2, 0) is 16.0 Å². The fourth-order valence-electron chi connectivity index (χ4n) is 4.27. The van der Waals surface area contributed by atoms with E-state index in [9.17, 15) is 14.4 Å². The van der Waals surface area contributed by atoms with Crippen molar-refractivity contribution in [1.82, 2.24) is 9.80 Å². The number of hydrogen-bond acceptors (Lipinski definition) is 3. The molecule has 1 aliphatic heterocycles. The zero-order valence-electron chi connectivity index (χ0n) is 16.4. The van der Waals surface area contributed by atoms with Crippen LogP contribution in [0, 0.1) is 5.92 Å². The van der Waals surface area contributed by atoms with Crippen molar-refractivity contribution in [3.63, 3.8) is 0 Å². The Balaban J connectivity index is 1.42. The average molecular weight is 386 g/mol. The summed E-state index contributed by atoms with van der Waals surface area (Å²) in [6.07, 6.45) is 8.28. The van der Waals surface area contributed by atoms with Crippen molar-refractivity contribution in [1.29, 1.82) is 0 Å². The molecule has 1 aliphatic carbocycles. The lowest BCUT2D eigenvalue weighted by Gasteiger charge is -2.35. The minimum absolute atomic E-state index is 0.0168. The lowest BCUT2D eigenvalue weighted by Crippen LogP contribution is -2.51. The van der Waals surface area contributed by atoms with Crippen molar-refractivity contribution >= 4 is 17.8 Å². The topological polar surface area (TPSA) is 77.9 Å². The number of aromatic carboxylic acids is 1. The highest BCUT2D eigenvalue weighted by Gasteiger charge is 2.25. The van der Waals surface area contributed by atoms with Crippen LogP contribution in [-0.4, -0.2) is 58.9 Å². The van der Waals surface area contributed by atoms with Crippen molar-refractivity contribution in [2.75, 3.05) is 26.2 Å². The fraction of sp³-hybridized carbons (Fsp3) is 0.591. The summed E-state index contributed by atoms with van der Waals surface area (Å²) >= 11 is 0. The molecule has 6 nitrogen and oxygen atoms in total. The molecule has 2 amide bonds. The maximum Gasteiger partial charge on any atom is 0.335 e. The molecule has 0 bridgehead atoms. The van der Waals surface area contributed by atoms with Gasteiger partial charge < -0.3 is 14.9 Å². The first-order chi connectivity index (χ1) is 13.5. The minimum Gasteiger partial charge on any atom is -0.478 e. The summed E-state index contributed by atoms with van der Waals surface area (Å²) in [5.74, 6) is -0.0829. The normalized spacial score (nSPS) is 18.1. The Morgan fingerprint density at radius 2 is 1.57 bits per heavy atom. The van der Waals surface area contributed by atoms with Crippen LogP contribution in [0.25, 0.3) is 0 Å². The Kier molecular flexibility index (Phi) is 7.06. The highest BCUT2D eigenvalue weighted by molar-refractivity contribution is 5.88. The fourth-order valence-corrected chi connectivity index (χ4v) is 4.27. The van der Waals surface area contributed by atoms with E-state index in [-0.39, 0.29) is 23.8 Å². The van der Waals surface area contributed by atoms with Crippen molar-refractivity contribution in [3.05, 3.63) is 35.4 Å². The van der Waals surface area contributed by atoms with Crippen LogP contribution >= 0.6 is 0 Å². The van der Waals surface area contributed by atoms with Crippen molar-refractivity contribution in [2.45, 2.75) is 51.4 Å². The van der Waals surface area contributed by atoms with Crippen LogP contribution in [0.1, 0.15) is 60.9 Å². The molecule has 1 aromatic rings. The molecule has 28 heavy (non-hydrogen) atoms. The molecule has 6 heteroatoms. The van der Waals surface area contributed by atoms with Gasteiger partial charge in [-0.3, -0.25) is 9.59 Å². The van der Waals surface area contributed by atoms with E-state index in [1.54, 1.807) is 23.1 Å².